The van der Waals surface area contributed by atoms with Gasteiger partial charge in [0.05, 0.1) is 17.8 Å². The maximum absolute atomic E-state index is 11.8. The molecule has 1 fully saturated rings. The van der Waals surface area contributed by atoms with Crippen LogP contribution < -0.4 is 10.2 Å². The van der Waals surface area contributed by atoms with E-state index in [1.165, 1.54) is 4.90 Å². The van der Waals surface area contributed by atoms with Crippen LogP contribution in [0.15, 0.2) is 18.2 Å². The molecule has 6 nitrogen and oxygen atoms in total. The van der Waals surface area contributed by atoms with Crippen molar-refractivity contribution in [3.05, 3.63) is 23.8 Å². The Morgan fingerprint density at radius 2 is 1.82 bits per heavy atom. The van der Waals surface area contributed by atoms with Crippen molar-refractivity contribution in [2.45, 2.75) is 77.5 Å². The molecule has 0 unspecified atom stereocenters. The molecule has 0 radical (unpaired) electrons. The van der Waals surface area contributed by atoms with Crippen LogP contribution in [0.4, 0.5) is 4.79 Å². The van der Waals surface area contributed by atoms with Crippen molar-refractivity contribution in [3.63, 3.8) is 0 Å². The molecule has 28 heavy (non-hydrogen) atoms. The average molecular weight is 389 g/mol. The van der Waals surface area contributed by atoms with Gasteiger partial charge in [-0.05, 0) is 60.5 Å². The topological polar surface area (TPSA) is 68.2 Å². The second kappa shape index (κ2) is 6.96. The van der Waals surface area contributed by atoms with Crippen molar-refractivity contribution in [2.75, 3.05) is 13.2 Å². The summed E-state index contributed by atoms with van der Waals surface area (Å²) in [5.74, 6) is 0.845. The van der Waals surface area contributed by atoms with Crippen LogP contribution in [0.25, 0.3) is 0 Å². The molecule has 2 aliphatic heterocycles. The van der Waals surface area contributed by atoms with Gasteiger partial charge in [0.1, 0.15) is 5.75 Å². The molecule has 1 saturated heterocycles. The molecular weight excluding hydrogens is 357 g/mol. The van der Waals surface area contributed by atoms with Crippen LogP contribution in [0.5, 0.6) is 5.75 Å². The van der Waals surface area contributed by atoms with Crippen LogP contribution in [0, 0.1) is 0 Å². The molecule has 2 heterocycles. The predicted molar refractivity (Wildman–Crippen MR) is 109 cm³/mol. The second-order valence-corrected chi connectivity index (χ2v) is 9.75. The molecule has 0 aliphatic carbocycles. The molecule has 0 bridgehead atoms. The number of para-hydroxylation sites is 1. The lowest BCUT2D eigenvalue weighted by molar-refractivity contribution is 0.00578. The first-order valence-corrected chi connectivity index (χ1v) is 9.95. The van der Waals surface area contributed by atoms with Gasteiger partial charge in [-0.1, -0.05) is 18.2 Å². The summed E-state index contributed by atoms with van der Waals surface area (Å²) < 4.78 is 18.5. The number of ether oxygens (including phenoxy) is 1. The van der Waals surface area contributed by atoms with Crippen molar-refractivity contribution >= 4 is 18.7 Å². The molecule has 1 atom stereocenters. The number of nitrogens with zero attached hydrogens (tertiary/aromatic N) is 1. The summed E-state index contributed by atoms with van der Waals surface area (Å²) in [6.07, 6.45) is -0.123. The largest absolute Gasteiger partial charge is 0.498 e. The van der Waals surface area contributed by atoms with Crippen molar-refractivity contribution in [1.82, 2.24) is 4.90 Å². The second-order valence-electron chi connectivity index (χ2n) is 9.75. The third-order valence-electron chi connectivity index (χ3n) is 6.18. The van der Waals surface area contributed by atoms with Crippen LogP contribution in [-0.4, -0.2) is 53.1 Å². The van der Waals surface area contributed by atoms with E-state index in [2.05, 4.69) is 0 Å². The van der Waals surface area contributed by atoms with E-state index >= 15 is 0 Å². The van der Waals surface area contributed by atoms with Gasteiger partial charge in [-0.25, -0.2) is 4.79 Å². The lowest BCUT2D eigenvalue weighted by Crippen LogP contribution is -2.47. The molecule has 0 saturated carbocycles. The molecule has 7 heteroatoms. The molecule has 1 aromatic carbocycles. The third kappa shape index (κ3) is 3.74. The highest BCUT2D eigenvalue weighted by Crippen LogP contribution is 2.39. The van der Waals surface area contributed by atoms with Crippen molar-refractivity contribution in [2.24, 2.45) is 0 Å². The minimum Gasteiger partial charge on any atom is -0.494 e. The summed E-state index contributed by atoms with van der Waals surface area (Å²) in [6, 6.07) is 5.97. The SMILES string of the molecule is CC(C)(C)N(C[C@@H]1CCOc2c(B3OC(C)(C)C(C)(C)O3)cccc21)C(=O)O. The van der Waals surface area contributed by atoms with Crippen LogP contribution in [0.1, 0.15) is 66.4 Å². The van der Waals surface area contributed by atoms with Crippen molar-refractivity contribution in [3.8, 4) is 5.75 Å². The Balaban J connectivity index is 1.92. The van der Waals surface area contributed by atoms with Gasteiger partial charge >= 0.3 is 13.2 Å². The fourth-order valence-corrected chi connectivity index (χ4v) is 3.72. The predicted octanol–water partition coefficient (Wildman–Crippen LogP) is 3.63. The highest BCUT2D eigenvalue weighted by molar-refractivity contribution is 6.63. The Bertz CT molecular complexity index is 740. The van der Waals surface area contributed by atoms with E-state index < -0.39 is 30.0 Å². The van der Waals surface area contributed by atoms with E-state index in [0.29, 0.717) is 13.2 Å². The monoisotopic (exact) mass is 389 g/mol. The van der Waals surface area contributed by atoms with Crippen LogP contribution in [0.3, 0.4) is 0 Å². The number of fused-ring (bicyclic) bond motifs is 1. The maximum Gasteiger partial charge on any atom is 0.498 e. The van der Waals surface area contributed by atoms with E-state index in [-0.39, 0.29) is 5.92 Å². The number of carboxylic acid groups (broad SMARTS) is 1. The fourth-order valence-electron chi connectivity index (χ4n) is 3.72. The summed E-state index contributed by atoms with van der Waals surface area (Å²) in [6.45, 7) is 14.8. The van der Waals surface area contributed by atoms with Gasteiger partial charge in [-0.3, -0.25) is 0 Å². The number of carbonyl (C=O) groups is 1. The Hall–Kier alpha value is -1.73. The minimum atomic E-state index is -0.900. The summed E-state index contributed by atoms with van der Waals surface area (Å²) in [5, 5.41) is 9.68. The fraction of sp³-hybridized carbons (Fsp3) is 0.667. The van der Waals surface area contributed by atoms with E-state index in [4.69, 9.17) is 14.0 Å². The van der Waals surface area contributed by atoms with Crippen LogP contribution in [-0.2, 0) is 9.31 Å². The highest BCUT2D eigenvalue weighted by Gasteiger charge is 2.53. The lowest BCUT2D eigenvalue weighted by atomic mass is 9.75. The molecule has 0 aromatic heterocycles. The zero-order valence-electron chi connectivity index (χ0n) is 18.0. The number of benzene rings is 1. The van der Waals surface area contributed by atoms with E-state index in [1.54, 1.807) is 0 Å². The Morgan fingerprint density at radius 1 is 1.21 bits per heavy atom. The Morgan fingerprint density at radius 3 is 2.36 bits per heavy atom. The Kier molecular flexibility index (Phi) is 5.22. The third-order valence-corrected chi connectivity index (χ3v) is 6.18. The van der Waals surface area contributed by atoms with Gasteiger partial charge in [-0.15, -0.1) is 0 Å². The number of rotatable bonds is 3. The van der Waals surface area contributed by atoms with Crippen molar-refractivity contribution in [1.29, 1.82) is 0 Å². The standard InChI is InChI=1S/C21H32BNO5/c1-19(2,3)23(18(24)25)13-14-11-12-26-17-15(14)9-8-10-16(17)22-27-20(4,5)21(6,7)28-22/h8-10,14H,11-13H2,1-7H3,(H,24,25)/t14-/m0/s1. The zero-order chi connectivity index (χ0) is 20.9. The Labute approximate surface area is 168 Å². The molecule has 3 rings (SSSR count). The molecular formula is C21H32BNO5. The number of hydrogen-bond acceptors (Lipinski definition) is 4. The van der Waals surface area contributed by atoms with Gasteiger partial charge in [0.15, 0.2) is 0 Å². The molecule has 0 spiro atoms. The average Bonchev–Trinajstić information content (AvgIpc) is 2.78. The van der Waals surface area contributed by atoms with E-state index in [1.807, 2.05) is 66.7 Å². The zero-order valence-corrected chi connectivity index (χ0v) is 18.0. The normalized spacial score (nSPS) is 23.1. The number of amides is 1. The molecule has 1 N–H and O–H groups in total. The molecule has 1 amide bonds. The smallest absolute Gasteiger partial charge is 0.494 e. The number of hydrogen-bond donors (Lipinski definition) is 1. The van der Waals surface area contributed by atoms with Crippen LogP contribution >= 0.6 is 0 Å². The first-order valence-electron chi connectivity index (χ1n) is 9.95. The summed E-state index contributed by atoms with van der Waals surface area (Å²) in [7, 11) is -0.503. The molecule has 2 aliphatic rings. The van der Waals surface area contributed by atoms with Gasteiger partial charge in [0, 0.05) is 23.5 Å². The summed E-state index contributed by atoms with van der Waals surface area (Å²) >= 11 is 0. The highest BCUT2D eigenvalue weighted by atomic mass is 16.7. The minimum absolute atomic E-state index is 0.0708. The van der Waals surface area contributed by atoms with E-state index in [9.17, 15) is 9.90 Å². The van der Waals surface area contributed by atoms with Gasteiger partial charge < -0.3 is 24.1 Å². The molecule has 154 valence electrons. The van der Waals surface area contributed by atoms with Gasteiger partial charge in [0.25, 0.3) is 0 Å². The quantitative estimate of drug-likeness (QED) is 0.800. The first-order chi connectivity index (χ1) is 12.8. The van der Waals surface area contributed by atoms with Crippen molar-refractivity contribution < 1.29 is 23.9 Å². The molecule has 1 aromatic rings. The summed E-state index contributed by atoms with van der Waals surface area (Å²) in [5.41, 5.74) is 0.572. The lowest BCUT2D eigenvalue weighted by Gasteiger charge is -2.38. The van der Waals surface area contributed by atoms with Gasteiger partial charge in [0.2, 0.25) is 0 Å². The van der Waals surface area contributed by atoms with E-state index in [0.717, 1.165) is 23.2 Å². The first kappa shape index (κ1) is 21.0. The maximum atomic E-state index is 11.8. The summed E-state index contributed by atoms with van der Waals surface area (Å²) in [4.78, 5) is 13.3. The van der Waals surface area contributed by atoms with Gasteiger partial charge in [-0.2, -0.15) is 0 Å². The van der Waals surface area contributed by atoms with Crippen LogP contribution in [0.2, 0.25) is 0 Å².